The molecule has 7 atom stereocenters. The van der Waals surface area contributed by atoms with Crippen molar-refractivity contribution in [2.24, 2.45) is 5.92 Å². The minimum absolute atomic E-state index is 0.0581. The fourth-order valence-corrected chi connectivity index (χ4v) is 4.53. The first-order valence-corrected chi connectivity index (χ1v) is 15.4. The van der Waals surface area contributed by atoms with Crippen LogP contribution in [-0.2, 0) is 28.7 Å². The van der Waals surface area contributed by atoms with Gasteiger partial charge in [-0.05, 0) is 46.6 Å². The summed E-state index contributed by atoms with van der Waals surface area (Å²) in [6.45, 7) is 9.94. The summed E-state index contributed by atoms with van der Waals surface area (Å²) in [7, 11) is 1.57. The maximum atomic E-state index is 13.4. The number of ether oxygens (including phenoxy) is 1. The van der Waals surface area contributed by atoms with Gasteiger partial charge in [-0.2, -0.15) is 0 Å². The predicted molar refractivity (Wildman–Crippen MR) is 160 cm³/mol. The van der Waals surface area contributed by atoms with Crippen molar-refractivity contribution in [3.05, 3.63) is 0 Å². The van der Waals surface area contributed by atoms with E-state index in [-0.39, 0.29) is 25.3 Å². The number of rotatable bonds is 23. The van der Waals surface area contributed by atoms with E-state index in [1.165, 1.54) is 20.8 Å². The van der Waals surface area contributed by atoms with E-state index >= 15 is 0 Å². The maximum Gasteiger partial charge on any atom is 0.328 e. The van der Waals surface area contributed by atoms with Crippen LogP contribution in [0.2, 0.25) is 0 Å². The second-order valence-corrected chi connectivity index (χ2v) is 11.3. The molecule has 12 nitrogen and oxygen atoms in total. The molecule has 244 valence electrons. The summed E-state index contributed by atoms with van der Waals surface area (Å²) < 4.78 is 5.86. The van der Waals surface area contributed by atoms with Gasteiger partial charge in [-0.25, -0.2) is 4.79 Å². The molecule has 0 rings (SSSR count). The molecule has 0 saturated heterocycles. The highest BCUT2D eigenvalue weighted by Gasteiger charge is 2.33. The Morgan fingerprint density at radius 2 is 1.31 bits per heavy atom. The summed E-state index contributed by atoms with van der Waals surface area (Å²) in [6.07, 6.45) is 4.15. The highest BCUT2D eigenvalue weighted by atomic mass is 16.5. The van der Waals surface area contributed by atoms with Crippen LogP contribution in [0.1, 0.15) is 106 Å². The van der Waals surface area contributed by atoms with Crippen molar-refractivity contribution in [2.45, 2.75) is 142 Å². The molecule has 3 amide bonds. The van der Waals surface area contributed by atoms with Crippen LogP contribution >= 0.6 is 0 Å². The van der Waals surface area contributed by atoms with E-state index in [4.69, 9.17) is 4.74 Å². The lowest BCUT2D eigenvalue weighted by atomic mass is 9.94. The Labute approximate surface area is 251 Å². The summed E-state index contributed by atoms with van der Waals surface area (Å²) in [5.41, 5.74) is 0. The van der Waals surface area contributed by atoms with Crippen molar-refractivity contribution in [3.63, 3.8) is 0 Å². The van der Waals surface area contributed by atoms with Crippen LogP contribution in [0, 0.1) is 5.92 Å². The monoisotopic (exact) mass is 600 g/mol. The van der Waals surface area contributed by atoms with E-state index < -0.39 is 65.9 Å². The first-order chi connectivity index (χ1) is 19.8. The summed E-state index contributed by atoms with van der Waals surface area (Å²) in [4.78, 5) is 63.3. The summed E-state index contributed by atoms with van der Waals surface area (Å²) in [5, 5.41) is 30.3. The number of hydrogen-bond donors (Lipinski definition) is 6. The summed E-state index contributed by atoms with van der Waals surface area (Å²) in [5.74, 6) is -3.08. The fourth-order valence-electron chi connectivity index (χ4n) is 4.53. The quantitative estimate of drug-likeness (QED) is 0.0747. The zero-order chi connectivity index (χ0) is 32.2. The van der Waals surface area contributed by atoms with Gasteiger partial charge in [0.2, 0.25) is 17.7 Å². The Hall–Kier alpha value is -2.57. The van der Waals surface area contributed by atoms with E-state index in [9.17, 15) is 34.2 Å². The molecule has 0 fully saturated rings. The second kappa shape index (κ2) is 22.0. The van der Waals surface area contributed by atoms with Gasteiger partial charge in [-0.1, -0.05) is 65.7 Å². The molecule has 0 heterocycles. The lowest BCUT2D eigenvalue weighted by Crippen LogP contribution is -2.57. The number of ketones is 1. The van der Waals surface area contributed by atoms with Crippen molar-refractivity contribution in [1.29, 1.82) is 0 Å². The lowest BCUT2D eigenvalue weighted by molar-refractivity contribution is -0.158. The van der Waals surface area contributed by atoms with Crippen LogP contribution in [0.3, 0.4) is 0 Å². The first-order valence-electron chi connectivity index (χ1n) is 15.4. The topological polar surface area (TPSA) is 183 Å². The Morgan fingerprint density at radius 1 is 0.738 bits per heavy atom. The number of aliphatic hydroxyl groups excluding tert-OH is 2. The van der Waals surface area contributed by atoms with Gasteiger partial charge in [0.05, 0.1) is 25.2 Å². The molecular weight excluding hydrogens is 544 g/mol. The SMILES string of the molecule is CCCCCCCC(C)[C@H](CC(=O)N[C@@H](C(C)=O)[C@@H](C)O)OC(=O)[C@H](CCCC)NC(=O)[C@H](NC(=O)CNC)[C@@H](C)O. The van der Waals surface area contributed by atoms with Gasteiger partial charge in [0, 0.05) is 0 Å². The zero-order valence-corrected chi connectivity index (χ0v) is 26.7. The number of esters is 1. The minimum Gasteiger partial charge on any atom is -0.460 e. The lowest BCUT2D eigenvalue weighted by Gasteiger charge is -2.29. The molecule has 0 aliphatic heterocycles. The van der Waals surface area contributed by atoms with Gasteiger partial charge in [0.15, 0.2) is 5.78 Å². The molecular formula is C30H56N4O8. The number of carbonyl (C=O) groups is 5. The van der Waals surface area contributed by atoms with E-state index in [0.717, 1.165) is 38.5 Å². The molecule has 6 N–H and O–H groups in total. The van der Waals surface area contributed by atoms with Crippen LogP contribution in [0.25, 0.3) is 0 Å². The number of likely N-dealkylation sites (N-methyl/N-ethyl adjacent to an activating group) is 1. The van der Waals surface area contributed by atoms with Gasteiger partial charge in [-0.15, -0.1) is 0 Å². The Kier molecular flexibility index (Phi) is 20.7. The summed E-state index contributed by atoms with van der Waals surface area (Å²) >= 11 is 0. The van der Waals surface area contributed by atoms with Crippen LogP contribution in [0.5, 0.6) is 0 Å². The highest BCUT2D eigenvalue weighted by molar-refractivity contribution is 5.92. The number of nitrogens with one attached hydrogen (secondary N) is 4. The molecule has 12 heteroatoms. The van der Waals surface area contributed by atoms with E-state index in [0.29, 0.717) is 12.8 Å². The number of aliphatic hydroxyl groups is 2. The van der Waals surface area contributed by atoms with Gasteiger partial charge in [0.1, 0.15) is 24.2 Å². The van der Waals surface area contributed by atoms with Crippen molar-refractivity contribution in [1.82, 2.24) is 21.3 Å². The third kappa shape index (κ3) is 16.2. The molecule has 0 aromatic heterocycles. The Morgan fingerprint density at radius 3 is 1.83 bits per heavy atom. The third-order valence-corrected chi connectivity index (χ3v) is 7.15. The largest absolute Gasteiger partial charge is 0.460 e. The summed E-state index contributed by atoms with van der Waals surface area (Å²) in [6, 6.07) is -3.43. The molecule has 1 unspecified atom stereocenters. The number of amides is 3. The zero-order valence-electron chi connectivity index (χ0n) is 26.7. The molecule has 0 aromatic carbocycles. The van der Waals surface area contributed by atoms with E-state index in [2.05, 4.69) is 28.2 Å². The highest BCUT2D eigenvalue weighted by Crippen LogP contribution is 2.21. The second-order valence-electron chi connectivity index (χ2n) is 11.3. The van der Waals surface area contributed by atoms with Crippen LogP contribution < -0.4 is 21.3 Å². The van der Waals surface area contributed by atoms with Gasteiger partial charge >= 0.3 is 5.97 Å². The molecule has 0 radical (unpaired) electrons. The molecule has 0 bridgehead atoms. The van der Waals surface area contributed by atoms with Crippen LogP contribution in [0.4, 0.5) is 0 Å². The van der Waals surface area contributed by atoms with Crippen molar-refractivity contribution < 1.29 is 38.9 Å². The first kappa shape index (κ1) is 39.4. The molecule has 0 spiro atoms. The number of Topliss-reactive ketones (excluding diaryl/α,β-unsaturated/α-hetero) is 1. The molecule has 42 heavy (non-hydrogen) atoms. The standard InChI is InChI=1S/C30H56N4O8/c1-8-10-12-13-14-15-19(3)24(17-25(38)33-27(20(4)35)21(5)36)42-30(41)23(16-11-9-2)32-29(40)28(22(6)37)34-26(39)18-31-7/h19-20,22-24,27-28,31,35,37H,8-18H2,1-7H3,(H,32,40)(H,33,38)(H,34,39)/t19?,20-,22-,23+,24+,27-,28-/m1/s1. The number of carbonyl (C=O) groups excluding carboxylic acids is 5. The van der Waals surface area contributed by atoms with Crippen molar-refractivity contribution in [2.75, 3.05) is 13.6 Å². The average molecular weight is 601 g/mol. The van der Waals surface area contributed by atoms with Crippen LogP contribution in [-0.4, -0.2) is 89.7 Å². The normalized spacial score (nSPS) is 16.2. The van der Waals surface area contributed by atoms with Crippen molar-refractivity contribution in [3.8, 4) is 0 Å². The van der Waals surface area contributed by atoms with Crippen molar-refractivity contribution >= 4 is 29.5 Å². The average Bonchev–Trinajstić information content (AvgIpc) is 2.91. The van der Waals surface area contributed by atoms with Gasteiger partial charge < -0.3 is 36.2 Å². The van der Waals surface area contributed by atoms with E-state index in [1.807, 2.05) is 13.8 Å². The molecule has 0 aromatic rings. The van der Waals surface area contributed by atoms with Gasteiger partial charge in [0.25, 0.3) is 0 Å². The smallest absolute Gasteiger partial charge is 0.328 e. The fraction of sp³-hybridized carbons (Fsp3) is 0.833. The molecule has 0 saturated carbocycles. The van der Waals surface area contributed by atoms with E-state index in [1.54, 1.807) is 7.05 Å². The predicted octanol–water partition coefficient (Wildman–Crippen LogP) is 1.50. The Bertz CT molecular complexity index is 836. The third-order valence-electron chi connectivity index (χ3n) is 7.15. The maximum absolute atomic E-state index is 13.4. The van der Waals surface area contributed by atoms with Gasteiger partial charge in [-0.3, -0.25) is 19.2 Å². The Balaban J connectivity index is 5.80. The number of hydrogen-bond acceptors (Lipinski definition) is 9. The molecule has 0 aliphatic rings. The molecule has 0 aliphatic carbocycles. The minimum atomic E-state index is -1.28. The number of unbranched alkanes of at least 4 members (excludes halogenated alkanes) is 5. The van der Waals surface area contributed by atoms with Crippen LogP contribution in [0.15, 0.2) is 0 Å².